The van der Waals surface area contributed by atoms with Crippen LogP contribution in [0.15, 0.2) is 108 Å². The smallest absolute Gasteiger partial charge is 0.410 e. The van der Waals surface area contributed by atoms with Gasteiger partial charge < -0.3 is 61.5 Å². The first kappa shape index (κ1) is 79.3. The second kappa shape index (κ2) is 37.3. The summed E-state index contributed by atoms with van der Waals surface area (Å²) in [6.45, 7) is 10.3. The fraction of sp³-hybridized carbons (Fsp3) is 0.400. The summed E-state index contributed by atoms with van der Waals surface area (Å²) >= 11 is 7.92. The Morgan fingerprint density at radius 2 is 1.44 bits per heavy atom. The molecule has 0 bridgehead atoms. The topological polar surface area (TPSA) is 405 Å². The quantitative estimate of drug-likeness (QED) is 0.0145. The first-order valence-electron chi connectivity index (χ1n) is 35.5. The Kier molecular flexibility index (Phi) is 27.4. The highest BCUT2D eigenvalue weighted by Crippen LogP contribution is 2.40. The predicted molar refractivity (Wildman–Crippen MR) is 398 cm³/mol. The Balaban J connectivity index is 0.715. The summed E-state index contributed by atoms with van der Waals surface area (Å²) in [5.41, 5.74) is 10.8. The van der Waals surface area contributed by atoms with Crippen molar-refractivity contribution in [2.75, 3.05) is 81.7 Å². The van der Waals surface area contributed by atoms with Crippen molar-refractivity contribution in [1.29, 1.82) is 0 Å². The minimum atomic E-state index is -1.13. The Bertz CT molecular complexity index is 4410. The first-order chi connectivity index (χ1) is 51.9. The maximum Gasteiger partial charge on any atom is 0.410 e. The van der Waals surface area contributed by atoms with E-state index in [1.165, 1.54) is 23.1 Å². The van der Waals surface area contributed by atoms with E-state index >= 15 is 0 Å². The number of rotatable bonds is 37. The number of piperidine rings is 1. The monoisotopic (exact) mass is 1520 g/mol. The molecule has 2 aromatic heterocycles. The van der Waals surface area contributed by atoms with E-state index in [4.69, 9.17) is 41.3 Å². The van der Waals surface area contributed by atoms with Gasteiger partial charge in [0, 0.05) is 95.8 Å². The van der Waals surface area contributed by atoms with Gasteiger partial charge >= 0.3 is 12.1 Å². The van der Waals surface area contributed by atoms with Crippen molar-refractivity contribution in [3.8, 4) is 10.8 Å². The Morgan fingerprint density at radius 3 is 2.15 bits per heavy atom. The zero-order chi connectivity index (χ0) is 77.1. The number of aromatic nitrogens is 3. The number of aliphatic imine (C=N–C) groups is 1. The molecule has 108 heavy (non-hydrogen) atoms. The van der Waals surface area contributed by atoms with Gasteiger partial charge in [-0.05, 0) is 131 Å². The van der Waals surface area contributed by atoms with E-state index in [1.807, 2.05) is 35.8 Å². The van der Waals surface area contributed by atoms with E-state index in [2.05, 4.69) is 61.3 Å². The molecule has 1 unspecified atom stereocenters. The molecule has 13 amide bonds. The number of urea groups is 1. The molecule has 31 nitrogen and oxygen atoms in total. The number of nitrogens with zero attached hydrogens (tertiary/aromatic N) is 7. The molecule has 33 heteroatoms. The molecule has 6 aromatic rings. The van der Waals surface area contributed by atoms with Crippen LogP contribution in [0.2, 0.25) is 5.02 Å². The number of fused-ring (bicyclic) bond motifs is 4. The number of halogens is 1. The minimum Gasteiger partial charge on any atom is -0.491 e. The van der Waals surface area contributed by atoms with Gasteiger partial charge in [0.1, 0.15) is 54.0 Å². The number of amides is 13. The number of hydrogen-bond acceptors (Lipinski definition) is 21. The lowest BCUT2D eigenvalue weighted by molar-refractivity contribution is -0.138. The van der Waals surface area contributed by atoms with Crippen LogP contribution in [0.5, 0.6) is 5.75 Å². The van der Waals surface area contributed by atoms with Gasteiger partial charge in [0.25, 0.3) is 23.6 Å². The molecule has 9 N–H and O–H groups in total. The minimum absolute atomic E-state index is 0.00674. The molecule has 4 aliphatic rings. The lowest BCUT2D eigenvalue weighted by Crippen LogP contribution is -2.54. The van der Waals surface area contributed by atoms with Gasteiger partial charge in [0.15, 0.2) is 5.82 Å². The summed E-state index contributed by atoms with van der Waals surface area (Å²) in [5, 5.41) is 29.5. The summed E-state index contributed by atoms with van der Waals surface area (Å²) in [6.07, 6.45) is 3.54. The fourth-order valence-corrected chi connectivity index (χ4v) is 13.8. The van der Waals surface area contributed by atoms with Crippen LogP contribution in [0.25, 0.3) is 5.00 Å². The molecule has 0 saturated carbocycles. The third-order valence-electron chi connectivity index (χ3n) is 18.3. The van der Waals surface area contributed by atoms with E-state index in [0.29, 0.717) is 64.3 Å². The number of unbranched alkanes of at least 4 members (excludes halogenated alkanes) is 2. The summed E-state index contributed by atoms with van der Waals surface area (Å²) in [5.74, 6) is -3.84. The van der Waals surface area contributed by atoms with Crippen LogP contribution in [-0.4, -0.2) is 190 Å². The SMILES string of the molecule is Cc1sc2c(c1C)C(c1ccc(Cl)cc1)=N[C@@H](CC(=O)Nc1ccc(OCCOCCN(CCOCCNc3cccc4c3C(=O)N(C3CCC(=O)NC3=O)C4=O)C(=O)OCc3ccc(NC(=O)[C@H](CCCNC(N)=O)NC(=O)[C@@H](NC(=O)CCCCCN4C(=O)C=CC4=O)C(C)C)cc3)cc1)c1nnc(C)n1-2. The van der Waals surface area contributed by atoms with Crippen molar-refractivity contribution in [2.24, 2.45) is 16.6 Å². The van der Waals surface area contributed by atoms with Gasteiger partial charge in [0.05, 0.1) is 49.7 Å². The molecule has 1 saturated heterocycles. The van der Waals surface area contributed by atoms with Crippen molar-refractivity contribution in [3.63, 3.8) is 0 Å². The molecular weight excluding hydrogens is 1430 g/mol. The molecule has 0 spiro atoms. The van der Waals surface area contributed by atoms with E-state index in [9.17, 15) is 57.5 Å². The number of ether oxygens (including phenoxy) is 4. The highest BCUT2D eigenvalue weighted by Gasteiger charge is 2.46. The highest BCUT2D eigenvalue weighted by atomic mass is 35.5. The summed E-state index contributed by atoms with van der Waals surface area (Å²) in [4.78, 5) is 165. The number of nitrogens with one attached hydrogen (secondary N) is 7. The molecule has 0 aliphatic carbocycles. The molecule has 6 heterocycles. The number of imide groups is 3. The van der Waals surface area contributed by atoms with Crippen molar-refractivity contribution in [3.05, 3.63) is 158 Å². The maximum atomic E-state index is 13.9. The molecule has 4 atom stereocenters. The predicted octanol–water partition coefficient (Wildman–Crippen LogP) is 6.89. The molecule has 570 valence electrons. The maximum absolute atomic E-state index is 13.9. The summed E-state index contributed by atoms with van der Waals surface area (Å²) in [6, 6.07) is 20.8. The number of thiophene rings is 1. The largest absolute Gasteiger partial charge is 0.491 e. The van der Waals surface area contributed by atoms with Crippen LogP contribution in [0.3, 0.4) is 0 Å². The number of nitrogens with two attached hydrogens (primary N) is 1. The van der Waals surface area contributed by atoms with E-state index < -0.39 is 77.6 Å². The lowest BCUT2D eigenvalue weighted by atomic mass is 9.99. The number of anilines is 3. The number of carbonyl (C=O) groups is 12. The highest BCUT2D eigenvalue weighted by molar-refractivity contribution is 7.15. The van der Waals surface area contributed by atoms with Gasteiger partial charge in [-0.3, -0.25) is 72.6 Å². The number of aryl methyl sites for hydroxylation is 2. The zero-order valence-corrected chi connectivity index (χ0v) is 61.9. The summed E-state index contributed by atoms with van der Waals surface area (Å²) in [7, 11) is 0. The van der Waals surface area contributed by atoms with Gasteiger partial charge in [-0.1, -0.05) is 62.2 Å². The first-order valence-corrected chi connectivity index (χ1v) is 36.7. The van der Waals surface area contributed by atoms with E-state index in [-0.39, 0.29) is 146 Å². The van der Waals surface area contributed by atoms with Crippen molar-refractivity contribution < 1.29 is 76.5 Å². The second-order valence-corrected chi connectivity index (χ2v) is 28.0. The fourth-order valence-electron chi connectivity index (χ4n) is 12.5. The number of hydrogen-bond donors (Lipinski definition) is 8. The van der Waals surface area contributed by atoms with Gasteiger partial charge in [-0.25, -0.2) is 9.59 Å². The number of primary amides is 1. The third-order valence-corrected chi connectivity index (χ3v) is 19.8. The Labute approximate surface area is 631 Å². The molecule has 4 aromatic carbocycles. The molecule has 1 fully saturated rings. The van der Waals surface area contributed by atoms with Crippen LogP contribution >= 0.6 is 22.9 Å². The van der Waals surface area contributed by atoms with Gasteiger partial charge in [-0.2, -0.15) is 0 Å². The van der Waals surface area contributed by atoms with E-state index in [0.717, 1.165) is 42.1 Å². The average molecular weight is 1520 g/mol. The van der Waals surface area contributed by atoms with Crippen molar-refractivity contribution >= 4 is 117 Å². The number of carbonyl (C=O) groups excluding carboxylic acids is 12. The second-order valence-electron chi connectivity index (χ2n) is 26.3. The van der Waals surface area contributed by atoms with E-state index in [1.54, 1.807) is 85.8 Å². The number of benzene rings is 4. The van der Waals surface area contributed by atoms with Crippen LogP contribution in [0.4, 0.5) is 26.7 Å². The van der Waals surface area contributed by atoms with Crippen molar-refractivity contribution in [1.82, 2.24) is 50.7 Å². The molecular formula is C75H86ClN15O16S. The van der Waals surface area contributed by atoms with Crippen LogP contribution in [-0.2, 0) is 59.2 Å². The average Bonchev–Trinajstić information content (AvgIpc) is 1.59. The summed E-state index contributed by atoms with van der Waals surface area (Å²) < 4.78 is 25.6. The third kappa shape index (κ3) is 20.5. The van der Waals surface area contributed by atoms with Crippen LogP contribution < -0.4 is 47.7 Å². The molecule has 0 radical (unpaired) electrons. The Morgan fingerprint density at radius 1 is 0.741 bits per heavy atom. The zero-order valence-electron chi connectivity index (χ0n) is 60.4. The van der Waals surface area contributed by atoms with Gasteiger partial charge in [0.2, 0.25) is 35.4 Å². The van der Waals surface area contributed by atoms with Crippen LogP contribution in [0, 0.1) is 26.7 Å². The molecule has 10 rings (SSSR count). The van der Waals surface area contributed by atoms with Gasteiger partial charge in [-0.15, -0.1) is 21.5 Å². The van der Waals surface area contributed by atoms with Crippen LogP contribution in [0.1, 0.15) is 137 Å². The van der Waals surface area contributed by atoms with Crippen molar-refractivity contribution in [2.45, 2.75) is 123 Å². The lowest BCUT2D eigenvalue weighted by Gasteiger charge is -2.27. The normalized spacial score (nSPS) is 15.7. The Hall–Kier alpha value is -11.2. The standard InChI is InChI=1S/C75H86ClN15O16S/c1-43(2)65(84-58(92)14-7-6-8-33-89-61(95)29-30-62(89)96)70(99)83-55(13-10-31-79-74(77)102)68(97)81-51-21-15-47(16-22-51)42-107-75(103)88(34-37-104-36-32-78-54-12-9-11-53-64(54)72(101)91(71(53)100)57-27-28-59(93)85-69(57)98)35-38-105-39-40-106-52-25-23-50(24-26-52)80-60(94)41-56-67-87-86-46(5)90(67)73-63(44(3)45(4)108-73)66(82-56)48-17-19-49(76)20-18-48/h9,11-12,15-26,29-30,43,55-57,65,78H,6-8,10,13-14,27-28,31-42H2,1-5H3,(H,80,94)(H,81,97)(H,83,99)(H,84,92)(H3,77,79,102)(H,85,93,98)/t55-,56-,57?,65-/m0/s1. The molecule has 4 aliphatic heterocycles.